The number of amides is 2. The quantitative estimate of drug-likeness (QED) is 0.645. The van der Waals surface area contributed by atoms with Crippen LogP contribution in [0.2, 0.25) is 0 Å². The van der Waals surface area contributed by atoms with Gasteiger partial charge in [0.05, 0.1) is 0 Å². The number of carbonyl (C=O) groups is 2. The van der Waals surface area contributed by atoms with Crippen molar-refractivity contribution in [1.82, 2.24) is 0 Å². The highest BCUT2D eigenvalue weighted by Gasteiger charge is 2.39. The Kier molecular flexibility index (Phi) is 4.37. The Bertz CT molecular complexity index is 858. The lowest BCUT2D eigenvalue weighted by molar-refractivity contribution is -0.167. The second kappa shape index (κ2) is 6.29. The van der Waals surface area contributed by atoms with E-state index in [2.05, 4.69) is 0 Å². The maximum absolute atomic E-state index is 12.4. The van der Waals surface area contributed by atoms with Crippen LogP contribution in [0.5, 0.6) is 0 Å². The summed E-state index contributed by atoms with van der Waals surface area (Å²) in [5.74, 6) is -4.27. The Morgan fingerprint density at radius 2 is 1.07 bits per heavy atom. The molecule has 0 atom stereocenters. The molecule has 0 unspecified atom stereocenters. The minimum absolute atomic E-state index is 0.103. The number of halogens is 6. The molecule has 4 nitrogen and oxygen atoms in total. The fourth-order valence-corrected chi connectivity index (χ4v) is 2.73. The topological polar surface area (TPSA) is 58.2 Å². The van der Waals surface area contributed by atoms with E-state index < -0.39 is 24.2 Å². The molecule has 0 fully saturated rings. The van der Waals surface area contributed by atoms with E-state index in [-0.39, 0.29) is 11.4 Å². The zero-order chi connectivity index (χ0) is 20.0. The van der Waals surface area contributed by atoms with Crippen molar-refractivity contribution in [3.63, 3.8) is 0 Å². The highest BCUT2D eigenvalue weighted by molar-refractivity contribution is 5.97. The number of anilines is 2. The van der Waals surface area contributed by atoms with Gasteiger partial charge in [-0.05, 0) is 52.9 Å². The molecule has 0 aromatic heterocycles. The first-order valence-electron chi connectivity index (χ1n) is 7.48. The second-order valence-corrected chi connectivity index (χ2v) is 5.82. The number of rotatable bonds is 2. The maximum Gasteiger partial charge on any atom is 0.471 e. The fourth-order valence-electron chi connectivity index (χ4n) is 2.73. The Balaban J connectivity index is 1.90. The van der Waals surface area contributed by atoms with Gasteiger partial charge in [-0.2, -0.15) is 26.3 Å². The average molecular weight is 388 g/mol. The number of nitrogens with one attached hydrogen (secondary N) is 2. The molecule has 0 saturated heterocycles. The van der Waals surface area contributed by atoms with Crippen LogP contribution in [0.15, 0.2) is 36.4 Å². The van der Waals surface area contributed by atoms with E-state index in [0.717, 1.165) is 11.1 Å². The van der Waals surface area contributed by atoms with E-state index in [1.165, 1.54) is 36.4 Å². The molecule has 10 heteroatoms. The minimum atomic E-state index is -5.05. The predicted molar refractivity (Wildman–Crippen MR) is 84.1 cm³/mol. The number of carbonyl (C=O) groups excluding carboxylic acids is 2. The SMILES string of the molecule is O=C(Nc1ccc2c(c1)-c1cc(NC(=O)C(F)(F)F)ccc1C2)C(F)(F)F. The molecule has 2 aromatic carbocycles. The zero-order valence-corrected chi connectivity index (χ0v) is 13.3. The summed E-state index contributed by atoms with van der Waals surface area (Å²) in [6.45, 7) is 0. The van der Waals surface area contributed by atoms with Crippen molar-refractivity contribution in [3.05, 3.63) is 47.5 Å². The van der Waals surface area contributed by atoms with Crippen molar-refractivity contribution in [1.29, 1.82) is 0 Å². The van der Waals surface area contributed by atoms with Crippen molar-refractivity contribution in [2.75, 3.05) is 10.6 Å². The molecule has 0 saturated carbocycles. The normalized spacial score (nSPS) is 13.0. The molecule has 0 spiro atoms. The lowest BCUT2D eigenvalue weighted by Crippen LogP contribution is -2.30. The second-order valence-electron chi connectivity index (χ2n) is 5.82. The first-order chi connectivity index (χ1) is 12.4. The van der Waals surface area contributed by atoms with Crippen LogP contribution >= 0.6 is 0 Å². The van der Waals surface area contributed by atoms with Gasteiger partial charge in [-0.25, -0.2) is 0 Å². The van der Waals surface area contributed by atoms with Gasteiger partial charge in [-0.3, -0.25) is 9.59 Å². The van der Waals surface area contributed by atoms with Crippen LogP contribution in [0.4, 0.5) is 37.7 Å². The summed E-state index contributed by atoms with van der Waals surface area (Å²) in [6.07, 6.45) is -9.68. The van der Waals surface area contributed by atoms with Crippen LogP contribution < -0.4 is 10.6 Å². The van der Waals surface area contributed by atoms with Crippen LogP contribution in [0, 0.1) is 0 Å². The first-order valence-corrected chi connectivity index (χ1v) is 7.48. The van der Waals surface area contributed by atoms with E-state index in [1.807, 2.05) is 0 Å². The van der Waals surface area contributed by atoms with Crippen molar-refractivity contribution in [2.45, 2.75) is 18.8 Å². The van der Waals surface area contributed by atoms with Gasteiger partial charge in [0.2, 0.25) is 0 Å². The Labute approximate surface area is 148 Å². The highest BCUT2D eigenvalue weighted by Crippen LogP contribution is 2.39. The summed E-state index contributed by atoms with van der Waals surface area (Å²) >= 11 is 0. The van der Waals surface area contributed by atoms with E-state index in [9.17, 15) is 35.9 Å². The molecule has 0 heterocycles. The van der Waals surface area contributed by atoms with E-state index in [1.54, 1.807) is 10.6 Å². The minimum Gasteiger partial charge on any atom is -0.318 e. The van der Waals surface area contributed by atoms with Gasteiger partial charge in [0.1, 0.15) is 0 Å². The Morgan fingerprint density at radius 1 is 0.704 bits per heavy atom. The summed E-state index contributed by atoms with van der Waals surface area (Å²) < 4.78 is 74.2. The molecule has 2 aromatic rings. The third kappa shape index (κ3) is 3.88. The Morgan fingerprint density at radius 3 is 1.41 bits per heavy atom. The largest absolute Gasteiger partial charge is 0.471 e. The molecule has 1 aliphatic carbocycles. The number of hydrogen-bond acceptors (Lipinski definition) is 2. The number of fused-ring (bicyclic) bond motifs is 3. The molecular formula is C17H10F6N2O2. The molecule has 2 amide bonds. The molecule has 0 bridgehead atoms. The summed E-state index contributed by atoms with van der Waals surface area (Å²) in [5.41, 5.74) is 2.19. The molecule has 0 aliphatic heterocycles. The third-order valence-electron chi connectivity index (χ3n) is 3.92. The summed E-state index contributed by atoms with van der Waals surface area (Å²) in [7, 11) is 0. The van der Waals surface area contributed by atoms with Gasteiger partial charge in [0.15, 0.2) is 0 Å². The van der Waals surface area contributed by atoms with Gasteiger partial charge in [0.25, 0.3) is 0 Å². The standard InChI is InChI=1S/C17H10F6N2O2/c18-16(19,20)14(26)24-10-3-1-8-5-9-2-4-11(7-13(9)12(8)6-10)25-15(27)17(21,22)23/h1-4,6-7H,5H2,(H,24,26)(H,25,27). The van der Waals surface area contributed by atoms with Crippen molar-refractivity contribution in [2.24, 2.45) is 0 Å². The molecule has 0 radical (unpaired) electrons. The zero-order valence-electron chi connectivity index (χ0n) is 13.3. The maximum atomic E-state index is 12.4. The number of benzene rings is 2. The van der Waals surface area contributed by atoms with Crippen molar-refractivity contribution >= 4 is 23.2 Å². The van der Waals surface area contributed by atoms with Gasteiger partial charge in [-0.15, -0.1) is 0 Å². The van der Waals surface area contributed by atoms with Crippen LogP contribution in [0.25, 0.3) is 11.1 Å². The van der Waals surface area contributed by atoms with E-state index >= 15 is 0 Å². The van der Waals surface area contributed by atoms with E-state index in [4.69, 9.17) is 0 Å². The lowest BCUT2D eigenvalue weighted by Gasteiger charge is -2.11. The molecular weight excluding hydrogens is 378 g/mol. The van der Waals surface area contributed by atoms with Crippen LogP contribution in [-0.2, 0) is 16.0 Å². The average Bonchev–Trinajstić information content (AvgIpc) is 2.90. The lowest BCUT2D eigenvalue weighted by atomic mass is 10.0. The summed E-state index contributed by atoms with van der Waals surface area (Å²) in [6, 6.07) is 8.27. The van der Waals surface area contributed by atoms with Crippen molar-refractivity contribution < 1.29 is 35.9 Å². The van der Waals surface area contributed by atoms with Gasteiger partial charge in [-0.1, -0.05) is 12.1 Å². The van der Waals surface area contributed by atoms with Gasteiger partial charge in [0, 0.05) is 11.4 Å². The fraction of sp³-hybridized carbons (Fsp3) is 0.176. The predicted octanol–water partition coefficient (Wildman–Crippen LogP) is 4.26. The summed E-state index contributed by atoms with van der Waals surface area (Å²) in [5, 5.41) is 3.45. The Hall–Kier alpha value is -3.04. The molecule has 2 N–H and O–H groups in total. The number of hydrogen-bond donors (Lipinski definition) is 2. The first kappa shape index (κ1) is 18.7. The third-order valence-corrected chi connectivity index (χ3v) is 3.92. The summed E-state index contributed by atoms with van der Waals surface area (Å²) in [4.78, 5) is 22.1. The van der Waals surface area contributed by atoms with E-state index in [0.29, 0.717) is 17.5 Å². The molecule has 3 rings (SSSR count). The van der Waals surface area contributed by atoms with Gasteiger partial charge >= 0.3 is 24.2 Å². The van der Waals surface area contributed by atoms with Crippen LogP contribution in [0.3, 0.4) is 0 Å². The molecule has 1 aliphatic rings. The monoisotopic (exact) mass is 388 g/mol. The highest BCUT2D eigenvalue weighted by atomic mass is 19.4. The molecule has 27 heavy (non-hydrogen) atoms. The van der Waals surface area contributed by atoms with Crippen molar-refractivity contribution in [3.8, 4) is 11.1 Å². The number of alkyl halides is 6. The molecule has 142 valence electrons. The van der Waals surface area contributed by atoms with Gasteiger partial charge < -0.3 is 10.6 Å². The smallest absolute Gasteiger partial charge is 0.318 e. The van der Waals surface area contributed by atoms with Crippen LogP contribution in [-0.4, -0.2) is 24.2 Å². The van der Waals surface area contributed by atoms with Crippen LogP contribution in [0.1, 0.15) is 11.1 Å².